The van der Waals surface area contributed by atoms with E-state index in [4.69, 9.17) is 0 Å². The Labute approximate surface area is 271 Å². The van der Waals surface area contributed by atoms with Crippen molar-refractivity contribution >= 4 is 51.9 Å². The Hall–Kier alpha value is -4.62. The van der Waals surface area contributed by atoms with E-state index in [-0.39, 0.29) is 34.7 Å². The van der Waals surface area contributed by atoms with Gasteiger partial charge in [-0.15, -0.1) is 11.3 Å². The molecule has 46 heavy (non-hydrogen) atoms. The Kier molecular flexibility index (Phi) is 9.13. The predicted octanol–water partition coefficient (Wildman–Crippen LogP) is 6.37. The molecule has 9 nitrogen and oxygen atoms in total. The van der Waals surface area contributed by atoms with Crippen LogP contribution in [0.25, 0.3) is 22.2 Å². The van der Waals surface area contributed by atoms with Crippen LogP contribution in [0.4, 0.5) is 8.78 Å². The van der Waals surface area contributed by atoms with Gasteiger partial charge in [0.2, 0.25) is 5.91 Å². The number of rotatable bonds is 8. The summed E-state index contributed by atoms with van der Waals surface area (Å²) in [7, 11) is 0. The highest BCUT2D eigenvalue weighted by Crippen LogP contribution is 2.33. The summed E-state index contributed by atoms with van der Waals surface area (Å²) in [6.07, 6.45) is 1.36. The molecule has 0 radical (unpaired) electrons. The van der Waals surface area contributed by atoms with Crippen molar-refractivity contribution in [2.24, 2.45) is 0 Å². The Morgan fingerprint density at radius 1 is 0.978 bits per heavy atom. The fraction of sp³-hybridized carbons (Fsp3) is 0.242. The van der Waals surface area contributed by atoms with Crippen LogP contribution in [0.2, 0.25) is 0 Å². The van der Waals surface area contributed by atoms with Crippen molar-refractivity contribution in [3.8, 4) is 11.1 Å². The monoisotopic (exact) mass is 660 g/mol. The Morgan fingerprint density at radius 2 is 1.70 bits per heavy atom. The van der Waals surface area contributed by atoms with Crippen LogP contribution >= 0.6 is 23.1 Å². The van der Waals surface area contributed by atoms with Gasteiger partial charge in [0.1, 0.15) is 5.69 Å². The van der Waals surface area contributed by atoms with Crippen molar-refractivity contribution in [2.45, 2.75) is 36.8 Å². The molecule has 3 amide bonds. The lowest BCUT2D eigenvalue weighted by atomic mass is 9.94. The molecule has 0 spiro atoms. The van der Waals surface area contributed by atoms with Crippen LogP contribution in [0.15, 0.2) is 83.3 Å². The van der Waals surface area contributed by atoms with E-state index in [0.29, 0.717) is 47.8 Å². The zero-order chi connectivity index (χ0) is 32.3. The van der Waals surface area contributed by atoms with Crippen LogP contribution in [-0.4, -0.2) is 56.4 Å². The minimum Gasteiger partial charge on any atom is -0.339 e. The average Bonchev–Trinajstić information content (AvgIpc) is 3.74. The number of hydrogen-bond acceptors (Lipinski definition) is 7. The number of alkyl halides is 2. The third-order valence-electron chi connectivity index (χ3n) is 7.77. The lowest BCUT2D eigenvalue weighted by molar-refractivity contribution is -0.119. The smallest absolute Gasteiger partial charge is 0.289 e. The number of hydrazine groups is 1. The van der Waals surface area contributed by atoms with Gasteiger partial charge in [0.15, 0.2) is 5.16 Å². The second-order valence-corrected chi connectivity index (χ2v) is 12.9. The highest BCUT2D eigenvalue weighted by atomic mass is 32.2. The molecule has 0 bridgehead atoms. The van der Waals surface area contributed by atoms with Crippen molar-refractivity contribution in [3.05, 3.63) is 100 Å². The number of aromatic nitrogens is 3. The number of imidazole rings is 1. The third-order valence-corrected chi connectivity index (χ3v) is 9.65. The maximum atomic E-state index is 13.7. The molecule has 0 atom stereocenters. The van der Waals surface area contributed by atoms with Gasteiger partial charge in [-0.05, 0) is 42.2 Å². The van der Waals surface area contributed by atoms with E-state index in [0.717, 1.165) is 23.0 Å². The van der Waals surface area contributed by atoms with Crippen LogP contribution in [0.1, 0.15) is 57.1 Å². The number of carbonyl (C=O) groups excluding carboxylic acids is 3. The van der Waals surface area contributed by atoms with Crippen molar-refractivity contribution in [2.75, 3.05) is 18.8 Å². The maximum absolute atomic E-state index is 13.7. The summed E-state index contributed by atoms with van der Waals surface area (Å²) in [4.78, 5) is 52.4. The first-order valence-electron chi connectivity index (χ1n) is 14.6. The van der Waals surface area contributed by atoms with E-state index >= 15 is 0 Å². The number of H-pyrrole nitrogens is 1. The van der Waals surface area contributed by atoms with Gasteiger partial charge in [-0.25, -0.2) is 18.7 Å². The van der Waals surface area contributed by atoms with Gasteiger partial charge in [0.25, 0.3) is 17.7 Å². The quantitative estimate of drug-likeness (QED) is 0.131. The summed E-state index contributed by atoms with van der Waals surface area (Å²) < 4.78 is 27.4. The number of aromatic amines is 1. The number of likely N-dealkylation sites (tertiary alicyclic amines) is 1. The number of piperidine rings is 1. The Bertz CT molecular complexity index is 1850. The first-order chi connectivity index (χ1) is 22.2. The molecule has 1 aliphatic heterocycles. The molecule has 2 aromatic heterocycles. The number of hydrogen-bond donors (Lipinski definition) is 3. The number of amides is 3. The fourth-order valence-corrected chi connectivity index (χ4v) is 6.96. The van der Waals surface area contributed by atoms with E-state index in [9.17, 15) is 23.2 Å². The van der Waals surface area contributed by atoms with Crippen molar-refractivity contribution in [1.82, 2.24) is 30.7 Å². The summed E-state index contributed by atoms with van der Waals surface area (Å²) in [5, 5.41) is 3.07. The van der Waals surface area contributed by atoms with E-state index in [2.05, 4.69) is 25.8 Å². The number of nitrogens with one attached hydrogen (secondary N) is 3. The first-order valence-corrected chi connectivity index (χ1v) is 16.5. The number of nitrogens with zero attached hydrogens (tertiary/aromatic N) is 3. The Balaban J connectivity index is 0.999. The molecule has 1 aliphatic rings. The van der Waals surface area contributed by atoms with Crippen LogP contribution in [0.5, 0.6) is 0 Å². The molecular formula is C33H30F2N6O3S2. The molecule has 5 aromatic rings. The molecule has 0 saturated carbocycles. The second-order valence-electron chi connectivity index (χ2n) is 11.0. The highest BCUT2D eigenvalue weighted by molar-refractivity contribution is 7.99. The van der Waals surface area contributed by atoms with E-state index < -0.39 is 11.8 Å². The van der Waals surface area contributed by atoms with E-state index in [1.54, 1.807) is 34.5 Å². The normalized spacial score (nSPS) is 13.9. The zero-order valence-electron chi connectivity index (χ0n) is 24.8. The van der Waals surface area contributed by atoms with Gasteiger partial charge in [-0.1, -0.05) is 66.4 Å². The standard InChI is InChI=1S/C33H30F2N6O3S2/c1-33(34,35)22-12-10-20(11-13-22)23-6-2-3-7-24(23)31(44)41-16-14-21(15-17-41)30-36-27(18-45-30)29(43)40-39-28(42)19-46-32-37-25-8-4-5-9-26(25)38-32/h2-13,18,21H,14-17,19H2,1H3,(H,37,38)(H,39,42)(H,40,43). The molecule has 3 N–H and O–H groups in total. The average molecular weight is 661 g/mol. The molecule has 1 fully saturated rings. The molecule has 3 heterocycles. The van der Waals surface area contributed by atoms with Crippen molar-refractivity contribution in [1.29, 1.82) is 0 Å². The van der Waals surface area contributed by atoms with Gasteiger partial charge in [0, 0.05) is 42.4 Å². The largest absolute Gasteiger partial charge is 0.339 e. The number of fused-ring (bicyclic) bond motifs is 1. The highest BCUT2D eigenvalue weighted by Gasteiger charge is 2.29. The Morgan fingerprint density at radius 3 is 2.43 bits per heavy atom. The van der Waals surface area contributed by atoms with Crippen molar-refractivity contribution in [3.63, 3.8) is 0 Å². The van der Waals surface area contributed by atoms with Crippen LogP contribution < -0.4 is 10.9 Å². The minimum atomic E-state index is -2.94. The number of thiazole rings is 1. The van der Waals surface area contributed by atoms with E-state index in [1.165, 1.54) is 35.2 Å². The molecule has 236 valence electrons. The number of carbonyl (C=O) groups is 3. The molecular weight excluding hydrogens is 631 g/mol. The number of benzene rings is 3. The van der Waals surface area contributed by atoms with Gasteiger partial charge in [-0.2, -0.15) is 0 Å². The van der Waals surface area contributed by atoms with Crippen molar-refractivity contribution < 1.29 is 23.2 Å². The molecule has 6 rings (SSSR count). The summed E-state index contributed by atoms with van der Waals surface area (Å²) in [6, 6.07) is 20.8. The second kappa shape index (κ2) is 13.4. The topological polar surface area (TPSA) is 120 Å². The van der Waals surface area contributed by atoms with Gasteiger partial charge >= 0.3 is 0 Å². The van der Waals surface area contributed by atoms with Gasteiger partial charge in [-0.3, -0.25) is 25.2 Å². The molecule has 3 aromatic carbocycles. The van der Waals surface area contributed by atoms with Gasteiger partial charge < -0.3 is 9.88 Å². The molecule has 1 saturated heterocycles. The zero-order valence-corrected chi connectivity index (χ0v) is 26.4. The maximum Gasteiger partial charge on any atom is 0.289 e. The summed E-state index contributed by atoms with van der Waals surface area (Å²) >= 11 is 2.61. The lowest BCUT2D eigenvalue weighted by Crippen LogP contribution is -2.42. The number of halogens is 2. The van der Waals surface area contributed by atoms with E-state index in [1.807, 2.05) is 36.4 Å². The summed E-state index contributed by atoms with van der Waals surface area (Å²) in [6.45, 7) is 1.88. The molecule has 0 aliphatic carbocycles. The summed E-state index contributed by atoms with van der Waals surface area (Å²) in [5.41, 5.74) is 8.57. The lowest BCUT2D eigenvalue weighted by Gasteiger charge is -2.31. The number of para-hydroxylation sites is 2. The molecule has 0 unspecified atom stereocenters. The van der Waals surface area contributed by atoms with Gasteiger partial charge in [0.05, 0.1) is 21.8 Å². The predicted molar refractivity (Wildman–Crippen MR) is 174 cm³/mol. The van der Waals surface area contributed by atoms with Crippen LogP contribution in [0.3, 0.4) is 0 Å². The SMILES string of the molecule is CC(F)(F)c1ccc(-c2ccccc2C(=O)N2CCC(c3nc(C(=O)NNC(=O)CSc4nc5ccccc5[nH]4)cs3)CC2)cc1. The summed E-state index contributed by atoms with van der Waals surface area (Å²) in [5.74, 6) is -3.80. The fourth-order valence-electron chi connectivity index (χ4n) is 5.30. The minimum absolute atomic E-state index is 0.0637. The number of thioether (sulfide) groups is 1. The van der Waals surface area contributed by atoms with Crippen LogP contribution in [0, 0.1) is 0 Å². The third kappa shape index (κ3) is 7.10. The molecule has 13 heteroatoms. The first kappa shape index (κ1) is 31.4. The van der Waals surface area contributed by atoms with Crippen LogP contribution in [-0.2, 0) is 10.7 Å².